The zero-order valence-electron chi connectivity index (χ0n) is 18.3. The molecule has 0 bridgehead atoms. The Kier molecular flexibility index (Phi) is 5.62. The fraction of sp³-hybridized carbons (Fsp3) is 0.696. The average molecular weight is 402 g/mol. The third-order valence-electron chi connectivity index (χ3n) is 6.59. The zero-order chi connectivity index (χ0) is 20.6. The van der Waals surface area contributed by atoms with Crippen molar-refractivity contribution in [2.24, 2.45) is 5.41 Å². The van der Waals surface area contributed by atoms with E-state index in [1.165, 1.54) is 6.42 Å². The van der Waals surface area contributed by atoms with E-state index in [1.54, 1.807) is 7.11 Å². The number of hydrogen-bond acceptors (Lipinski definition) is 5. The zero-order valence-corrected chi connectivity index (χ0v) is 18.3. The van der Waals surface area contributed by atoms with Gasteiger partial charge in [-0.15, -0.1) is 0 Å². The third kappa shape index (κ3) is 4.30. The summed E-state index contributed by atoms with van der Waals surface area (Å²) in [6.45, 7) is 14.2. The lowest BCUT2D eigenvalue weighted by molar-refractivity contribution is -0.159. The molecule has 3 aliphatic heterocycles. The van der Waals surface area contributed by atoms with Gasteiger partial charge < -0.3 is 14.4 Å². The number of methoxy groups -OCH3 is 1. The molecule has 1 aromatic carbocycles. The lowest BCUT2D eigenvalue weighted by Crippen LogP contribution is -2.81. The molecule has 3 heterocycles. The van der Waals surface area contributed by atoms with Crippen LogP contribution in [0.4, 0.5) is 0 Å². The van der Waals surface area contributed by atoms with Gasteiger partial charge in [-0.3, -0.25) is 14.6 Å². The van der Waals surface area contributed by atoms with Crippen molar-refractivity contribution in [3.05, 3.63) is 29.8 Å². The van der Waals surface area contributed by atoms with Crippen LogP contribution in [0.2, 0.25) is 0 Å². The van der Waals surface area contributed by atoms with Crippen LogP contribution >= 0.6 is 0 Å². The second-order valence-electron chi connectivity index (χ2n) is 10.1. The molecule has 1 unspecified atom stereocenters. The Morgan fingerprint density at radius 1 is 1.21 bits per heavy atom. The topological polar surface area (TPSA) is 45.2 Å². The van der Waals surface area contributed by atoms with E-state index in [4.69, 9.17) is 9.47 Å². The van der Waals surface area contributed by atoms with Crippen LogP contribution in [0.1, 0.15) is 37.6 Å². The van der Waals surface area contributed by atoms with Crippen molar-refractivity contribution in [1.29, 1.82) is 0 Å². The summed E-state index contributed by atoms with van der Waals surface area (Å²) in [5.74, 6) is 0.891. The highest BCUT2D eigenvalue weighted by Crippen LogP contribution is 2.37. The molecule has 0 aromatic heterocycles. The van der Waals surface area contributed by atoms with Gasteiger partial charge in [-0.25, -0.2) is 0 Å². The Balaban J connectivity index is 1.47. The number of fused-ring (bicyclic) bond motifs is 2. The lowest BCUT2D eigenvalue weighted by Gasteiger charge is -2.63. The molecule has 1 atom stereocenters. The van der Waals surface area contributed by atoms with Crippen molar-refractivity contribution in [2.45, 2.75) is 38.8 Å². The highest BCUT2D eigenvalue weighted by atomic mass is 16.5. The van der Waals surface area contributed by atoms with E-state index in [1.807, 2.05) is 24.3 Å². The normalized spacial score (nSPS) is 24.8. The number of likely N-dealkylation sites (tertiary alicyclic amines) is 1. The Labute approximate surface area is 174 Å². The number of morpholine rings is 1. The third-order valence-corrected chi connectivity index (χ3v) is 6.59. The molecule has 4 rings (SSSR count). The van der Waals surface area contributed by atoms with Crippen molar-refractivity contribution >= 4 is 5.91 Å². The van der Waals surface area contributed by atoms with E-state index < -0.39 is 0 Å². The monoisotopic (exact) mass is 401 g/mol. The molecule has 6 nitrogen and oxygen atoms in total. The number of carbonyl (C=O) groups excluding carboxylic acids is 1. The van der Waals surface area contributed by atoms with Gasteiger partial charge in [-0.2, -0.15) is 0 Å². The first-order valence-electron chi connectivity index (χ1n) is 10.8. The number of benzene rings is 1. The molecule has 0 aliphatic carbocycles. The van der Waals surface area contributed by atoms with Crippen LogP contribution in [0.15, 0.2) is 24.3 Å². The van der Waals surface area contributed by atoms with Crippen LogP contribution in [0.25, 0.3) is 0 Å². The van der Waals surface area contributed by atoms with Crippen LogP contribution in [-0.4, -0.2) is 91.8 Å². The molecule has 0 N–H and O–H groups in total. The van der Waals surface area contributed by atoms with Gasteiger partial charge in [0.15, 0.2) is 0 Å². The van der Waals surface area contributed by atoms with E-state index in [0.717, 1.165) is 63.8 Å². The maximum atomic E-state index is 13.3. The molecular weight excluding hydrogens is 366 g/mol. The van der Waals surface area contributed by atoms with Gasteiger partial charge in [-0.05, 0) is 42.6 Å². The SMILES string of the molecule is COc1ccc(C(=O)N2CC3COCCN3C3(CN(CCC(C)(C)C)C3)C2)cc1. The van der Waals surface area contributed by atoms with E-state index in [2.05, 4.69) is 35.5 Å². The van der Waals surface area contributed by atoms with Gasteiger partial charge in [0.2, 0.25) is 0 Å². The predicted molar refractivity (Wildman–Crippen MR) is 113 cm³/mol. The quantitative estimate of drug-likeness (QED) is 0.775. The summed E-state index contributed by atoms with van der Waals surface area (Å²) < 4.78 is 11.0. The highest BCUT2D eigenvalue weighted by molar-refractivity contribution is 5.94. The van der Waals surface area contributed by atoms with Crippen molar-refractivity contribution in [3.8, 4) is 5.75 Å². The first-order valence-corrected chi connectivity index (χ1v) is 10.8. The number of carbonyl (C=O) groups is 1. The molecule has 29 heavy (non-hydrogen) atoms. The van der Waals surface area contributed by atoms with Crippen molar-refractivity contribution < 1.29 is 14.3 Å². The van der Waals surface area contributed by atoms with E-state index >= 15 is 0 Å². The lowest BCUT2D eigenvalue weighted by atomic mass is 9.81. The molecule has 3 saturated heterocycles. The number of piperazine rings is 1. The summed E-state index contributed by atoms with van der Waals surface area (Å²) in [6.07, 6.45) is 1.20. The molecule has 0 radical (unpaired) electrons. The van der Waals surface area contributed by atoms with Crippen LogP contribution in [0.3, 0.4) is 0 Å². The minimum atomic E-state index is 0.0761. The first-order chi connectivity index (χ1) is 13.8. The second-order valence-corrected chi connectivity index (χ2v) is 10.1. The summed E-state index contributed by atoms with van der Waals surface area (Å²) in [5.41, 5.74) is 1.16. The van der Waals surface area contributed by atoms with Crippen molar-refractivity contribution in [1.82, 2.24) is 14.7 Å². The number of amides is 1. The molecule has 1 aromatic rings. The Morgan fingerprint density at radius 2 is 1.93 bits per heavy atom. The number of ether oxygens (including phenoxy) is 2. The number of nitrogens with zero attached hydrogens (tertiary/aromatic N) is 3. The van der Waals surface area contributed by atoms with Gasteiger partial charge in [-0.1, -0.05) is 20.8 Å². The van der Waals surface area contributed by atoms with E-state index in [9.17, 15) is 4.79 Å². The van der Waals surface area contributed by atoms with E-state index in [0.29, 0.717) is 11.5 Å². The second kappa shape index (κ2) is 7.89. The molecule has 0 saturated carbocycles. The minimum Gasteiger partial charge on any atom is -0.497 e. The minimum absolute atomic E-state index is 0.0761. The fourth-order valence-electron chi connectivity index (χ4n) is 4.99. The van der Waals surface area contributed by atoms with Gasteiger partial charge in [0.25, 0.3) is 5.91 Å². The van der Waals surface area contributed by atoms with Crippen LogP contribution < -0.4 is 4.74 Å². The maximum absolute atomic E-state index is 13.3. The summed E-state index contributed by atoms with van der Waals surface area (Å²) in [7, 11) is 1.64. The molecule has 1 amide bonds. The standard InChI is InChI=1S/C23H35N3O3/c1-22(2,3)9-10-24-15-23(16-24)17-25(13-19-14-29-12-11-26(19)23)21(27)18-5-7-20(28-4)8-6-18/h5-8,19H,9-17H2,1-4H3. The smallest absolute Gasteiger partial charge is 0.253 e. The summed E-state index contributed by atoms with van der Waals surface area (Å²) >= 11 is 0. The molecule has 3 fully saturated rings. The van der Waals surface area contributed by atoms with Crippen molar-refractivity contribution in [3.63, 3.8) is 0 Å². The number of rotatable bonds is 4. The van der Waals surface area contributed by atoms with Crippen LogP contribution in [-0.2, 0) is 4.74 Å². The van der Waals surface area contributed by atoms with Gasteiger partial charge >= 0.3 is 0 Å². The summed E-state index contributed by atoms with van der Waals surface area (Å²) in [5, 5.41) is 0. The number of hydrogen-bond donors (Lipinski definition) is 0. The highest BCUT2D eigenvalue weighted by Gasteiger charge is 2.54. The Hall–Kier alpha value is -1.63. The molecule has 1 spiro atoms. The predicted octanol–water partition coefficient (Wildman–Crippen LogP) is 2.34. The first kappa shape index (κ1) is 20.6. The molecule has 6 heteroatoms. The molecule has 3 aliphatic rings. The Bertz CT molecular complexity index is 722. The maximum Gasteiger partial charge on any atom is 0.253 e. The van der Waals surface area contributed by atoms with Crippen molar-refractivity contribution in [2.75, 3.05) is 59.6 Å². The van der Waals surface area contributed by atoms with Gasteiger partial charge in [0.1, 0.15) is 5.75 Å². The molecule has 160 valence electrons. The summed E-state index contributed by atoms with van der Waals surface area (Å²) in [6, 6.07) is 7.76. The summed E-state index contributed by atoms with van der Waals surface area (Å²) in [4.78, 5) is 20.5. The largest absolute Gasteiger partial charge is 0.497 e. The molecular formula is C23H35N3O3. The van der Waals surface area contributed by atoms with Gasteiger partial charge in [0, 0.05) is 38.3 Å². The average Bonchev–Trinajstić information content (AvgIpc) is 2.69. The van der Waals surface area contributed by atoms with Gasteiger partial charge in [0.05, 0.1) is 31.9 Å². The van der Waals surface area contributed by atoms with Crippen LogP contribution in [0, 0.1) is 5.41 Å². The Morgan fingerprint density at radius 3 is 2.59 bits per heavy atom. The van der Waals surface area contributed by atoms with Crippen LogP contribution in [0.5, 0.6) is 5.75 Å². The van der Waals surface area contributed by atoms with E-state index in [-0.39, 0.29) is 11.4 Å². The fourth-order valence-corrected chi connectivity index (χ4v) is 4.99.